The van der Waals surface area contributed by atoms with Gasteiger partial charge in [0, 0.05) is 11.8 Å². The summed E-state index contributed by atoms with van der Waals surface area (Å²) in [7, 11) is -1.29. The van der Waals surface area contributed by atoms with Crippen LogP contribution in [0.25, 0.3) is 0 Å². The summed E-state index contributed by atoms with van der Waals surface area (Å²) in [5, 5.41) is 10.2. The summed E-state index contributed by atoms with van der Waals surface area (Å²) in [6, 6.07) is 0. The molecule has 1 unspecified atom stereocenters. The van der Waals surface area contributed by atoms with Gasteiger partial charge >= 0.3 is 0 Å². The van der Waals surface area contributed by atoms with Crippen LogP contribution in [-0.2, 0) is 9.47 Å². The van der Waals surface area contributed by atoms with Gasteiger partial charge in [0.15, 0.2) is 5.79 Å². The molecule has 2 fully saturated rings. The SMILES string of the molecule is CC1(C)OCC2(CO1)C/C(=C/CC#C[Si](C)(C)C)CC(O)C2. The van der Waals surface area contributed by atoms with Crippen LogP contribution in [0.5, 0.6) is 0 Å². The monoisotopic (exact) mass is 322 g/mol. The zero-order valence-corrected chi connectivity index (χ0v) is 15.7. The summed E-state index contributed by atoms with van der Waals surface area (Å²) in [4.78, 5) is 0. The minimum Gasteiger partial charge on any atom is -0.393 e. The minimum atomic E-state index is -1.29. The number of aliphatic hydroxyl groups excluding tert-OH is 1. The molecule has 124 valence electrons. The van der Waals surface area contributed by atoms with Gasteiger partial charge in [0.05, 0.1) is 19.3 Å². The number of aliphatic hydroxyl groups is 1. The molecular weight excluding hydrogens is 292 g/mol. The lowest BCUT2D eigenvalue weighted by molar-refractivity contribution is -0.290. The van der Waals surface area contributed by atoms with E-state index in [1.165, 1.54) is 5.57 Å². The molecule has 0 radical (unpaired) electrons. The van der Waals surface area contributed by atoms with Crippen molar-refractivity contribution in [3.63, 3.8) is 0 Å². The summed E-state index contributed by atoms with van der Waals surface area (Å²) in [6.07, 6.45) is 5.18. The highest BCUT2D eigenvalue weighted by Crippen LogP contribution is 2.43. The average molecular weight is 323 g/mol. The summed E-state index contributed by atoms with van der Waals surface area (Å²) in [5.41, 5.74) is 4.62. The summed E-state index contributed by atoms with van der Waals surface area (Å²) in [6.45, 7) is 12.0. The molecule has 2 aliphatic rings. The van der Waals surface area contributed by atoms with E-state index in [1.807, 2.05) is 13.8 Å². The molecule has 0 aromatic carbocycles. The van der Waals surface area contributed by atoms with Crippen LogP contribution in [0.2, 0.25) is 19.6 Å². The summed E-state index contributed by atoms with van der Waals surface area (Å²) in [5.74, 6) is 2.78. The molecule has 0 amide bonds. The maximum absolute atomic E-state index is 10.2. The lowest BCUT2D eigenvalue weighted by Crippen LogP contribution is -2.49. The first kappa shape index (κ1) is 17.7. The standard InChI is InChI=1S/C18H30O3Si/c1-17(2)20-13-18(14-21-17)11-15(10-16(19)12-18)8-6-7-9-22(3,4)5/h8,16,19H,6,10-14H2,1-5H3/b15-8+. The smallest absolute Gasteiger partial charge is 0.162 e. The number of hydrogen-bond donors (Lipinski definition) is 1. The van der Waals surface area contributed by atoms with Gasteiger partial charge in [0.25, 0.3) is 0 Å². The third kappa shape index (κ3) is 5.24. The van der Waals surface area contributed by atoms with Crippen molar-refractivity contribution >= 4 is 8.07 Å². The maximum atomic E-state index is 10.2. The van der Waals surface area contributed by atoms with E-state index in [2.05, 4.69) is 37.2 Å². The quantitative estimate of drug-likeness (QED) is 0.456. The fourth-order valence-electron chi connectivity index (χ4n) is 3.12. The molecule has 4 heteroatoms. The molecule has 1 aliphatic heterocycles. The van der Waals surface area contributed by atoms with Crippen LogP contribution in [0.4, 0.5) is 0 Å². The van der Waals surface area contributed by atoms with Crippen LogP contribution in [0.15, 0.2) is 11.6 Å². The van der Waals surface area contributed by atoms with Crippen molar-refractivity contribution < 1.29 is 14.6 Å². The van der Waals surface area contributed by atoms with E-state index >= 15 is 0 Å². The predicted octanol–water partition coefficient (Wildman–Crippen LogP) is 3.50. The zero-order valence-electron chi connectivity index (χ0n) is 14.7. The molecule has 1 atom stereocenters. The van der Waals surface area contributed by atoms with Crippen molar-refractivity contribution in [2.24, 2.45) is 5.41 Å². The van der Waals surface area contributed by atoms with Crippen molar-refractivity contribution in [1.82, 2.24) is 0 Å². The number of hydrogen-bond acceptors (Lipinski definition) is 3. The first-order valence-corrected chi connectivity index (χ1v) is 11.7. The molecule has 22 heavy (non-hydrogen) atoms. The van der Waals surface area contributed by atoms with Crippen molar-refractivity contribution in [3.8, 4) is 11.5 Å². The Morgan fingerprint density at radius 3 is 2.50 bits per heavy atom. The van der Waals surface area contributed by atoms with E-state index in [-0.39, 0.29) is 11.5 Å². The second-order valence-electron chi connectivity index (χ2n) is 8.33. The molecule has 1 saturated heterocycles. The number of ether oxygens (including phenoxy) is 2. The molecule has 1 aliphatic carbocycles. The van der Waals surface area contributed by atoms with Crippen molar-refractivity contribution in [1.29, 1.82) is 0 Å². The minimum absolute atomic E-state index is 0.0643. The number of allylic oxidation sites excluding steroid dienone is 1. The van der Waals surface area contributed by atoms with Crippen molar-refractivity contribution in [2.45, 2.75) is 71.1 Å². The van der Waals surface area contributed by atoms with Gasteiger partial charge in [-0.05, 0) is 33.1 Å². The summed E-state index contributed by atoms with van der Waals surface area (Å²) < 4.78 is 11.7. The maximum Gasteiger partial charge on any atom is 0.162 e. The lowest BCUT2D eigenvalue weighted by Gasteiger charge is -2.47. The Labute approximate surface area is 136 Å². The predicted molar refractivity (Wildman–Crippen MR) is 92.1 cm³/mol. The van der Waals surface area contributed by atoms with Gasteiger partial charge < -0.3 is 14.6 Å². The Morgan fingerprint density at radius 2 is 1.91 bits per heavy atom. The Balaban J connectivity index is 2.00. The van der Waals surface area contributed by atoms with E-state index in [0.29, 0.717) is 13.2 Å². The van der Waals surface area contributed by atoms with Crippen LogP contribution in [0, 0.1) is 16.9 Å². The number of rotatable bonds is 1. The third-order valence-electron chi connectivity index (χ3n) is 4.18. The molecule has 1 saturated carbocycles. The lowest BCUT2D eigenvalue weighted by atomic mass is 9.71. The fourth-order valence-corrected chi connectivity index (χ4v) is 3.76. The van der Waals surface area contributed by atoms with E-state index in [4.69, 9.17) is 9.47 Å². The second-order valence-corrected chi connectivity index (χ2v) is 13.1. The highest BCUT2D eigenvalue weighted by molar-refractivity contribution is 6.83. The van der Waals surface area contributed by atoms with Gasteiger partial charge in [-0.2, -0.15) is 0 Å². The largest absolute Gasteiger partial charge is 0.393 e. The van der Waals surface area contributed by atoms with Crippen molar-refractivity contribution in [3.05, 3.63) is 11.6 Å². The van der Waals surface area contributed by atoms with Gasteiger partial charge in [-0.3, -0.25) is 0 Å². The average Bonchev–Trinajstić information content (AvgIpc) is 2.37. The highest BCUT2D eigenvalue weighted by Gasteiger charge is 2.44. The van der Waals surface area contributed by atoms with E-state index in [9.17, 15) is 5.11 Å². The van der Waals surface area contributed by atoms with Crippen LogP contribution < -0.4 is 0 Å². The molecule has 0 aromatic rings. The first-order valence-electron chi connectivity index (χ1n) is 8.23. The third-order valence-corrected chi connectivity index (χ3v) is 5.10. The van der Waals surface area contributed by atoms with Gasteiger partial charge in [0.1, 0.15) is 8.07 Å². The Morgan fingerprint density at radius 1 is 1.27 bits per heavy atom. The van der Waals surface area contributed by atoms with Gasteiger partial charge in [-0.1, -0.05) is 31.3 Å². The van der Waals surface area contributed by atoms with E-state index < -0.39 is 13.9 Å². The molecule has 2 rings (SSSR count). The first-order chi connectivity index (χ1) is 10.1. The highest BCUT2D eigenvalue weighted by atomic mass is 28.3. The fraction of sp³-hybridized carbons (Fsp3) is 0.778. The van der Waals surface area contributed by atoms with Crippen LogP contribution in [0.3, 0.4) is 0 Å². The molecule has 1 N–H and O–H groups in total. The molecular formula is C18H30O3Si. The molecule has 0 bridgehead atoms. The Bertz CT molecular complexity index is 481. The second kappa shape index (κ2) is 6.49. The van der Waals surface area contributed by atoms with Gasteiger partial charge in [-0.25, -0.2) is 0 Å². The van der Waals surface area contributed by atoms with Crippen LogP contribution >= 0.6 is 0 Å². The topological polar surface area (TPSA) is 38.7 Å². The van der Waals surface area contributed by atoms with E-state index in [1.54, 1.807) is 0 Å². The van der Waals surface area contributed by atoms with Crippen LogP contribution in [0.1, 0.15) is 39.5 Å². The normalized spacial score (nSPS) is 29.2. The summed E-state index contributed by atoms with van der Waals surface area (Å²) >= 11 is 0. The molecule has 1 heterocycles. The zero-order chi connectivity index (χ0) is 16.4. The van der Waals surface area contributed by atoms with Gasteiger partial charge in [-0.15, -0.1) is 11.5 Å². The van der Waals surface area contributed by atoms with Gasteiger partial charge in [0.2, 0.25) is 0 Å². The Hall–Kier alpha value is -0.603. The molecule has 1 spiro atoms. The molecule has 3 nitrogen and oxygen atoms in total. The van der Waals surface area contributed by atoms with Crippen LogP contribution in [-0.4, -0.2) is 38.3 Å². The molecule has 0 aromatic heterocycles. The van der Waals surface area contributed by atoms with Crippen molar-refractivity contribution in [2.75, 3.05) is 13.2 Å². The van der Waals surface area contributed by atoms with E-state index in [0.717, 1.165) is 25.7 Å². The Kier molecular flexibility index (Phi) is 5.23.